The average molecular weight is 346 g/mol. The van der Waals surface area contributed by atoms with Crippen LogP contribution in [0, 0.1) is 10.7 Å². The lowest BCUT2D eigenvalue weighted by Crippen LogP contribution is -2.02. The maximum Gasteiger partial charge on any atom is 0.222 e. The van der Waals surface area contributed by atoms with Crippen LogP contribution in [0.4, 0.5) is 10.1 Å². The van der Waals surface area contributed by atoms with E-state index in [-0.39, 0.29) is 29.1 Å². The highest BCUT2D eigenvalue weighted by atomic mass is 19.1. The summed E-state index contributed by atoms with van der Waals surface area (Å²) in [7, 11) is 1.47. The van der Waals surface area contributed by atoms with Crippen molar-refractivity contribution in [1.29, 1.82) is 0 Å². The number of aromatic nitrogens is 1. The first kappa shape index (κ1) is 16.7. The lowest BCUT2D eigenvalue weighted by molar-refractivity contribution is 0.274. The van der Waals surface area contributed by atoms with Gasteiger partial charge in [0.1, 0.15) is 17.3 Å². The number of aliphatic hydroxyl groups excluding tert-OH is 1. The maximum atomic E-state index is 13.7. The molecule has 1 heterocycles. The Morgan fingerprint density at radius 1 is 1.20 bits per heavy atom. The van der Waals surface area contributed by atoms with Gasteiger partial charge in [0.25, 0.3) is 0 Å². The Morgan fingerprint density at radius 3 is 2.56 bits per heavy atom. The first-order valence-electron chi connectivity index (χ1n) is 7.33. The number of benzene rings is 2. The summed E-state index contributed by atoms with van der Waals surface area (Å²) in [4.78, 5) is 11.1. The first-order valence-corrected chi connectivity index (χ1v) is 7.33. The lowest BCUT2D eigenvalue weighted by atomic mass is 10.1. The maximum absolute atomic E-state index is 13.7. The van der Waals surface area contributed by atoms with Gasteiger partial charge in [-0.25, -0.2) is 4.39 Å². The number of phenols is 1. The summed E-state index contributed by atoms with van der Waals surface area (Å²) in [6.45, 7) is -0.659. The van der Waals surface area contributed by atoms with Crippen LogP contribution in [0.5, 0.6) is 17.4 Å². The number of nitrogens with zero attached hydrogens (tertiary/aromatic N) is 2. The Balaban J connectivity index is 2.19. The predicted molar refractivity (Wildman–Crippen MR) is 88.7 cm³/mol. The van der Waals surface area contributed by atoms with Crippen LogP contribution in [0.1, 0.15) is 11.1 Å². The Kier molecular flexibility index (Phi) is 4.28. The van der Waals surface area contributed by atoms with Crippen LogP contribution >= 0.6 is 0 Å². The van der Waals surface area contributed by atoms with E-state index in [2.05, 4.69) is 5.18 Å². The Morgan fingerprint density at radius 2 is 1.92 bits per heavy atom. The summed E-state index contributed by atoms with van der Waals surface area (Å²) >= 11 is 0. The number of hydrogen-bond donors (Lipinski definition) is 3. The summed E-state index contributed by atoms with van der Waals surface area (Å²) < 4.78 is 20.1. The van der Waals surface area contributed by atoms with Crippen LogP contribution < -0.4 is 4.74 Å². The molecule has 0 bridgehead atoms. The summed E-state index contributed by atoms with van der Waals surface area (Å²) in [5, 5.41) is 32.9. The molecule has 3 N–H and O–H groups in total. The molecule has 2 aromatic carbocycles. The third-order valence-corrected chi connectivity index (χ3v) is 4.04. The van der Waals surface area contributed by atoms with Gasteiger partial charge in [-0.05, 0) is 35.5 Å². The van der Waals surface area contributed by atoms with Crippen molar-refractivity contribution in [2.24, 2.45) is 5.18 Å². The summed E-state index contributed by atoms with van der Waals surface area (Å²) in [5.74, 6) is -0.847. The van der Waals surface area contributed by atoms with Crippen molar-refractivity contribution < 1.29 is 24.4 Å². The molecule has 0 fully saturated rings. The molecule has 0 aliphatic rings. The largest absolute Gasteiger partial charge is 0.507 e. The van der Waals surface area contributed by atoms with Gasteiger partial charge in [-0.15, -0.1) is 4.91 Å². The fourth-order valence-electron chi connectivity index (χ4n) is 2.81. The second-order valence-corrected chi connectivity index (χ2v) is 5.46. The van der Waals surface area contributed by atoms with Gasteiger partial charge in [0, 0.05) is 16.5 Å². The molecule has 0 radical (unpaired) electrons. The molecule has 8 heteroatoms. The van der Waals surface area contributed by atoms with Gasteiger partial charge < -0.3 is 24.6 Å². The molecule has 0 amide bonds. The second-order valence-electron chi connectivity index (χ2n) is 5.46. The quantitative estimate of drug-likeness (QED) is 0.616. The molecule has 0 saturated carbocycles. The molecule has 7 nitrogen and oxygen atoms in total. The zero-order chi connectivity index (χ0) is 18.1. The molecule has 0 aliphatic heterocycles. The summed E-state index contributed by atoms with van der Waals surface area (Å²) in [6.07, 6.45) is 0. The predicted octanol–water partition coefficient (Wildman–Crippen LogP) is 3.14. The van der Waals surface area contributed by atoms with Gasteiger partial charge in [-0.3, -0.25) is 0 Å². The van der Waals surface area contributed by atoms with Gasteiger partial charge in [0.15, 0.2) is 5.69 Å². The number of methoxy groups -OCH3 is 1. The van der Waals surface area contributed by atoms with Gasteiger partial charge in [-0.2, -0.15) is 0 Å². The fraction of sp³-hybridized carbons (Fsp3) is 0.176. The smallest absolute Gasteiger partial charge is 0.222 e. The van der Waals surface area contributed by atoms with Crippen molar-refractivity contribution in [1.82, 2.24) is 4.57 Å². The van der Waals surface area contributed by atoms with E-state index in [1.807, 2.05) is 0 Å². The number of ether oxygens (including phenoxy) is 1. The topological polar surface area (TPSA) is 104 Å². The van der Waals surface area contributed by atoms with Crippen LogP contribution in [0.3, 0.4) is 0 Å². The van der Waals surface area contributed by atoms with E-state index in [9.17, 15) is 24.6 Å². The monoisotopic (exact) mass is 346 g/mol. The molecule has 25 heavy (non-hydrogen) atoms. The van der Waals surface area contributed by atoms with Crippen LogP contribution in [0.25, 0.3) is 10.9 Å². The standard InChI is InChI=1S/C17H15FN2O5/c1-25-12-2-3-14-13(6-12)15(19-24)17(23)20(14)7-9-4-11(18)5-10(8-21)16(9)22/h2-6,21-23H,7-8H2,1H3. The summed E-state index contributed by atoms with van der Waals surface area (Å²) in [6, 6.07) is 6.92. The Bertz CT molecular complexity index is 968. The van der Waals surface area contributed by atoms with Crippen molar-refractivity contribution >= 4 is 16.6 Å². The van der Waals surface area contributed by atoms with E-state index in [4.69, 9.17) is 4.74 Å². The molecule has 0 saturated heterocycles. The fourth-order valence-corrected chi connectivity index (χ4v) is 2.81. The SMILES string of the molecule is COc1ccc2c(c1)c(N=O)c(O)n2Cc1cc(F)cc(CO)c1O. The molecule has 1 aromatic heterocycles. The van der Waals surface area contributed by atoms with E-state index < -0.39 is 18.3 Å². The third kappa shape index (κ3) is 2.76. The minimum atomic E-state index is -0.636. The van der Waals surface area contributed by atoms with Crippen LogP contribution in [-0.4, -0.2) is 27.0 Å². The molecule has 130 valence electrons. The molecule has 3 rings (SSSR count). The normalized spacial score (nSPS) is 11.0. The van der Waals surface area contributed by atoms with E-state index >= 15 is 0 Å². The Labute approximate surface area is 141 Å². The van der Waals surface area contributed by atoms with Crippen molar-refractivity contribution in [3.63, 3.8) is 0 Å². The number of fused-ring (bicyclic) bond motifs is 1. The molecule has 0 unspecified atom stereocenters. The number of rotatable bonds is 5. The van der Waals surface area contributed by atoms with Crippen molar-refractivity contribution in [2.45, 2.75) is 13.2 Å². The number of aliphatic hydroxyl groups is 1. The van der Waals surface area contributed by atoms with Gasteiger partial charge >= 0.3 is 0 Å². The zero-order valence-electron chi connectivity index (χ0n) is 13.2. The third-order valence-electron chi connectivity index (χ3n) is 4.04. The molecule has 0 atom stereocenters. The first-order chi connectivity index (χ1) is 12.0. The van der Waals surface area contributed by atoms with E-state index in [1.54, 1.807) is 18.2 Å². The van der Waals surface area contributed by atoms with Crippen molar-refractivity contribution in [3.05, 3.63) is 52.2 Å². The van der Waals surface area contributed by atoms with Gasteiger partial charge in [0.05, 0.1) is 25.8 Å². The molecule has 0 spiro atoms. The molecule has 3 aromatic rings. The molecular formula is C17H15FN2O5. The van der Waals surface area contributed by atoms with E-state index in [0.717, 1.165) is 12.1 Å². The number of nitroso groups, excluding NO2 is 1. The zero-order valence-corrected chi connectivity index (χ0v) is 13.2. The highest BCUT2D eigenvalue weighted by molar-refractivity contribution is 5.96. The van der Waals surface area contributed by atoms with Crippen LogP contribution in [-0.2, 0) is 13.2 Å². The van der Waals surface area contributed by atoms with Gasteiger partial charge in [-0.1, -0.05) is 0 Å². The minimum absolute atomic E-state index is 0.0290. The summed E-state index contributed by atoms with van der Waals surface area (Å²) in [5.41, 5.74) is 0.458. The Hall–Kier alpha value is -3.13. The van der Waals surface area contributed by atoms with Crippen molar-refractivity contribution in [3.8, 4) is 17.4 Å². The second kappa shape index (κ2) is 6.40. The number of hydrogen-bond acceptors (Lipinski definition) is 6. The van der Waals surface area contributed by atoms with Gasteiger partial charge in [0.2, 0.25) is 5.88 Å². The van der Waals surface area contributed by atoms with Crippen LogP contribution in [0.2, 0.25) is 0 Å². The van der Waals surface area contributed by atoms with Crippen LogP contribution in [0.15, 0.2) is 35.5 Å². The highest BCUT2D eigenvalue weighted by Crippen LogP contribution is 2.41. The molecule has 0 aliphatic carbocycles. The van der Waals surface area contributed by atoms with E-state index in [1.165, 1.54) is 11.7 Å². The lowest BCUT2D eigenvalue weighted by Gasteiger charge is -2.12. The van der Waals surface area contributed by atoms with Crippen molar-refractivity contribution in [2.75, 3.05) is 7.11 Å². The van der Waals surface area contributed by atoms with E-state index in [0.29, 0.717) is 16.7 Å². The number of halogens is 1. The number of aromatic hydroxyl groups is 2. The molecular weight excluding hydrogens is 331 g/mol. The average Bonchev–Trinajstić information content (AvgIpc) is 2.88. The minimum Gasteiger partial charge on any atom is -0.507 e. The highest BCUT2D eigenvalue weighted by Gasteiger charge is 2.20.